The predicted molar refractivity (Wildman–Crippen MR) is 118 cm³/mol. The standard InChI is InChI=1S/C21H22ClFN4O.ClH/c1-13(18-5-3-15(23)11-20(18)22)24-21-19-12-16(27-7-9-28-10-8-27)4-6-17(19)14(2)25-26-21;/h3-6,11-13H,7-10H2,1-2H3,(H,24,26);1H/t13-;/m1./s1. The Morgan fingerprint density at radius 2 is 1.86 bits per heavy atom. The van der Waals surface area contributed by atoms with E-state index < -0.39 is 0 Å². The SMILES string of the molecule is Cc1nnc(N[C@H](C)c2ccc(F)cc2Cl)c2cc(N3CCOCC3)ccc12.Cl. The zero-order valence-electron chi connectivity index (χ0n) is 16.3. The molecule has 0 unspecified atom stereocenters. The van der Waals surface area contributed by atoms with Crippen molar-refractivity contribution in [3.8, 4) is 0 Å². The third-order valence-corrected chi connectivity index (χ3v) is 5.43. The molecule has 0 spiro atoms. The van der Waals surface area contributed by atoms with Crippen LogP contribution in [0.5, 0.6) is 0 Å². The fraction of sp³-hybridized carbons (Fsp3) is 0.333. The van der Waals surface area contributed by atoms with Gasteiger partial charge in [0.15, 0.2) is 5.82 Å². The van der Waals surface area contributed by atoms with Gasteiger partial charge in [-0.25, -0.2) is 4.39 Å². The van der Waals surface area contributed by atoms with Crippen molar-refractivity contribution < 1.29 is 9.13 Å². The predicted octanol–water partition coefficient (Wildman–Crippen LogP) is 5.16. The maximum absolute atomic E-state index is 13.4. The summed E-state index contributed by atoms with van der Waals surface area (Å²) in [6.07, 6.45) is 0. The normalized spacial score (nSPS) is 15.1. The van der Waals surface area contributed by atoms with Gasteiger partial charge in [0.05, 0.1) is 24.9 Å². The summed E-state index contributed by atoms with van der Waals surface area (Å²) in [5.74, 6) is 0.334. The van der Waals surface area contributed by atoms with E-state index in [0.717, 1.165) is 54.0 Å². The van der Waals surface area contributed by atoms with Gasteiger partial charge in [0, 0.05) is 34.6 Å². The Hall–Kier alpha value is -2.15. The Balaban J connectivity index is 0.00000240. The fourth-order valence-electron chi connectivity index (χ4n) is 3.54. The van der Waals surface area contributed by atoms with E-state index in [1.165, 1.54) is 12.1 Å². The lowest BCUT2D eigenvalue weighted by Gasteiger charge is -2.29. The number of halogens is 3. The second-order valence-electron chi connectivity index (χ2n) is 7.00. The first kappa shape index (κ1) is 21.6. The molecule has 1 aromatic heterocycles. The van der Waals surface area contributed by atoms with Gasteiger partial charge in [-0.05, 0) is 43.7 Å². The van der Waals surface area contributed by atoms with Crippen molar-refractivity contribution in [3.05, 3.63) is 58.5 Å². The Kier molecular flexibility index (Phi) is 6.77. The third-order valence-electron chi connectivity index (χ3n) is 5.11. The largest absolute Gasteiger partial charge is 0.378 e. The molecular formula is C21H23Cl2FN4O. The van der Waals surface area contributed by atoms with Crippen LogP contribution in [0.15, 0.2) is 36.4 Å². The highest BCUT2D eigenvalue weighted by atomic mass is 35.5. The first-order valence-corrected chi connectivity index (χ1v) is 9.72. The molecule has 1 aliphatic rings. The number of hydrogen-bond acceptors (Lipinski definition) is 5. The molecule has 0 bridgehead atoms. The number of nitrogens with zero attached hydrogens (tertiary/aromatic N) is 3. The van der Waals surface area contributed by atoms with E-state index >= 15 is 0 Å². The number of benzene rings is 2. The van der Waals surface area contributed by atoms with Crippen molar-refractivity contribution in [1.82, 2.24) is 10.2 Å². The van der Waals surface area contributed by atoms with E-state index in [1.54, 1.807) is 6.07 Å². The molecule has 0 radical (unpaired) electrons. The molecule has 29 heavy (non-hydrogen) atoms. The quantitative estimate of drug-likeness (QED) is 0.611. The summed E-state index contributed by atoms with van der Waals surface area (Å²) in [4.78, 5) is 2.31. The lowest BCUT2D eigenvalue weighted by Crippen LogP contribution is -2.36. The molecule has 0 aliphatic carbocycles. The van der Waals surface area contributed by atoms with Gasteiger partial charge < -0.3 is 15.0 Å². The highest BCUT2D eigenvalue weighted by Crippen LogP contribution is 2.32. The van der Waals surface area contributed by atoms with Crippen molar-refractivity contribution >= 4 is 46.3 Å². The Labute approximate surface area is 180 Å². The lowest BCUT2D eigenvalue weighted by atomic mass is 10.1. The molecule has 1 N–H and O–H groups in total. The van der Waals surface area contributed by atoms with Gasteiger partial charge in [-0.3, -0.25) is 0 Å². The van der Waals surface area contributed by atoms with E-state index in [1.807, 2.05) is 13.8 Å². The number of nitrogens with one attached hydrogen (secondary N) is 1. The van der Waals surface area contributed by atoms with Crippen LogP contribution in [0, 0.1) is 12.7 Å². The highest BCUT2D eigenvalue weighted by molar-refractivity contribution is 6.31. The van der Waals surface area contributed by atoms with Gasteiger partial charge >= 0.3 is 0 Å². The summed E-state index contributed by atoms with van der Waals surface area (Å²) in [5.41, 5.74) is 2.82. The molecule has 1 aliphatic heterocycles. The van der Waals surface area contributed by atoms with Crippen molar-refractivity contribution in [2.45, 2.75) is 19.9 Å². The summed E-state index contributed by atoms with van der Waals surface area (Å²) in [6.45, 7) is 7.13. The monoisotopic (exact) mass is 436 g/mol. The molecule has 1 atom stereocenters. The molecule has 1 saturated heterocycles. The molecule has 2 heterocycles. The number of morpholine rings is 1. The van der Waals surface area contributed by atoms with Crippen LogP contribution in [0.3, 0.4) is 0 Å². The van der Waals surface area contributed by atoms with Crippen LogP contribution in [0.4, 0.5) is 15.9 Å². The van der Waals surface area contributed by atoms with Crippen LogP contribution in [-0.2, 0) is 4.74 Å². The van der Waals surface area contributed by atoms with Crippen molar-refractivity contribution in [3.63, 3.8) is 0 Å². The molecule has 5 nitrogen and oxygen atoms in total. The summed E-state index contributed by atoms with van der Waals surface area (Å²) in [7, 11) is 0. The van der Waals surface area contributed by atoms with Crippen LogP contribution >= 0.6 is 24.0 Å². The Morgan fingerprint density at radius 3 is 2.59 bits per heavy atom. The molecule has 0 amide bonds. The van der Waals surface area contributed by atoms with Gasteiger partial charge in [-0.1, -0.05) is 23.7 Å². The second kappa shape index (κ2) is 9.11. The van der Waals surface area contributed by atoms with Crippen LogP contribution in [0.25, 0.3) is 10.8 Å². The van der Waals surface area contributed by atoms with E-state index in [9.17, 15) is 4.39 Å². The molecular weight excluding hydrogens is 414 g/mol. The van der Waals surface area contributed by atoms with Crippen LogP contribution in [-0.4, -0.2) is 36.5 Å². The molecule has 3 aromatic rings. The van der Waals surface area contributed by atoms with Gasteiger partial charge in [-0.2, -0.15) is 5.10 Å². The lowest BCUT2D eigenvalue weighted by molar-refractivity contribution is 0.122. The van der Waals surface area contributed by atoms with E-state index in [2.05, 4.69) is 38.6 Å². The number of aromatic nitrogens is 2. The number of ether oxygens (including phenoxy) is 1. The zero-order chi connectivity index (χ0) is 19.7. The molecule has 0 saturated carbocycles. The first-order valence-electron chi connectivity index (χ1n) is 9.34. The Bertz CT molecular complexity index is 1010. The van der Waals surface area contributed by atoms with Crippen molar-refractivity contribution in [2.24, 2.45) is 0 Å². The molecule has 4 rings (SSSR count). The first-order chi connectivity index (χ1) is 13.5. The van der Waals surface area contributed by atoms with Gasteiger partial charge in [0.1, 0.15) is 5.82 Å². The highest BCUT2D eigenvalue weighted by Gasteiger charge is 2.16. The Morgan fingerprint density at radius 1 is 1.10 bits per heavy atom. The minimum atomic E-state index is -0.350. The number of anilines is 2. The number of aryl methyl sites for hydroxylation is 1. The van der Waals surface area contributed by atoms with Crippen molar-refractivity contribution in [1.29, 1.82) is 0 Å². The fourth-order valence-corrected chi connectivity index (χ4v) is 3.87. The minimum Gasteiger partial charge on any atom is -0.378 e. The number of rotatable bonds is 4. The zero-order valence-corrected chi connectivity index (χ0v) is 17.9. The second-order valence-corrected chi connectivity index (χ2v) is 7.40. The molecule has 154 valence electrons. The summed E-state index contributed by atoms with van der Waals surface area (Å²) in [6, 6.07) is 10.6. The van der Waals surface area contributed by atoms with Gasteiger partial charge in [0.2, 0.25) is 0 Å². The van der Waals surface area contributed by atoms with E-state index in [0.29, 0.717) is 10.8 Å². The summed E-state index contributed by atoms with van der Waals surface area (Å²) < 4.78 is 18.8. The van der Waals surface area contributed by atoms with Gasteiger partial charge in [-0.15, -0.1) is 17.5 Å². The minimum absolute atomic E-state index is 0. The van der Waals surface area contributed by atoms with Gasteiger partial charge in [0.25, 0.3) is 0 Å². The average molecular weight is 437 g/mol. The topological polar surface area (TPSA) is 50.3 Å². The average Bonchev–Trinajstić information content (AvgIpc) is 2.70. The van der Waals surface area contributed by atoms with E-state index in [-0.39, 0.29) is 24.3 Å². The number of hydrogen-bond donors (Lipinski definition) is 1. The van der Waals surface area contributed by atoms with Crippen LogP contribution in [0.1, 0.15) is 24.2 Å². The molecule has 8 heteroatoms. The smallest absolute Gasteiger partial charge is 0.157 e. The summed E-state index contributed by atoms with van der Waals surface area (Å²) >= 11 is 6.23. The maximum atomic E-state index is 13.4. The number of fused-ring (bicyclic) bond motifs is 1. The maximum Gasteiger partial charge on any atom is 0.157 e. The van der Waals surface area contributed by atoms with Crippen LogP contribution in [0.2, 0.25) is 5.02 Å². The summed E-state index contributed by atoms with van der Waals surface area (Å²) in [5, 5.41) is 14.5. The van der Waals surface area contributed by atoms with E-state index in [4.69, 9.17) is 16.3 Å². The molecule has 2 aromatic carbocycles. The third kappa shape index (κ3) is 4.55. The molecule has 1 fully saturated rings. The van der Waals surface area contributed by atoms with Crippen LogP contribution < -0.4 is 10.2 Å². The van der Waals surface area contributed by atoms with Crippen molar-refractivity contribution in [2.75, 3.05) is 36.5 Å².